The summed E-state index contributed by atoms with van der Waals surface area (Å²) in [5.41, 5.74) is 7.39. The lowest BCUT2D eigenvalue weighted by Gasteiger charge is -2.16. The molecule has 280 valence electrons. The Labute approximate surface area is 317 Å². The van der Waals surface area contributed by atoms with Gasteiger partial charge in [0, 0.05) is 24.2 Å². The number of benzene rings is 2. The number of aromatic nitrogens is 2. The number of halogens is 1. The van der Waals surface area contributed by atoms with E-state index in [4.69, 9.17) is 56.0 Å². The monoisotopic (exact) mass is 756 g/mol. The molecule has 0 saturated carbocycles. The SMILES string of the molecule is C.CCOc1nc(Cl)c(C#N)c(-c2ccc3c(c2)OCO3)c1C#N.CCOc1nc(NCCO)c(C#N)c(-c2ccc3c(c2)OCO3)c1C#N.NCCO. The Hall–Kier alpha value is -6.53. The van der Waals surface area contributed by atoms with E-state index in [9.17, 15) is 21.0 Å². The Bertz CT molecular complexity index is 2120. The molecule has 5 N–H and O–H groups in total. The van der Waals surface area contributed by atoms with Gasteiger partial charge >= 0.3 is 0 Å². The van der Waals surface area contributed by atoms with E-state index in [0.717, 1.165) is 0 Å². The van der Waals surface area contributed by atoms with Gasteiger partial charge in [-0.05, 0) is 49.2 Å². The molecule has 0 saturated heterocycles. The van der Waals surface area contributed by atoms with Gasteiger partial charge in [-0.1, -0.05) is 31.2 Å². The third kappa shape index (κ3) is 9.27. The molecule has 0 radical (unpaired) electrons. The van der Waals surface area contributed by atoms with E-state index in [1.165, 1.54) is 0 Å². The number of nitrogens with one attached hydrogen (secondary N) is 1. The van der Waals surface area contributed by atoms with Gasteiger partial charge in [-0.15, -0.1) is 0 Å². The lowest BCUT2D eigenvalue weighted by Crippen LogP contribution is -2.11. The van der Waals surface area contributed by atoms with Crippen molar-refractivity contribution in [1.82, 2.24) is 9.97 Å². The second-order valence-corrected chi connectivity index (χ2v) is 10.7. The molecule has 0 spiro atoms. The van der Waals surface area contributed by atoms with Crippen molar-refractivity contribution in [3.63, 3.8) is 0 Å². The molecule has 2 aromatic heterocycles. The van der Waals surface area contributed by atoms with Gasteiger partial charge in [0.2, 0.25) is 25.3 Å². The van der Waals surface area contributed by atoms with Crippen molar-refractivity contribution in [2.24, 2.45) is 5.73 Å². The predicted molar refractivity (Wildman–Crippen MR) is 196 cm³/mol. The fourth-order valence-electron chi connectivity index (χ4n) is 4.98. The first-order chi connectivity index (χ1) is 25.8. The molecule has 54 heavy (non-hydrogen) atoms. The van der Waals surface area contributed by atoms with E-state index in [0.29, 0.717) is 65.0 Å². The molecule has 6 rings (SSSR count). The highest BCUT2D eigenvalue weighted by Crippen LogP contribution is 2.42. The summed E-state index contributed by atoms with van der Waals surface area (Å²) in [6.45, 7) is 5.00. The Morgan fingerprint density at radius 2 is 1.17 bits per heavy atom. The third-order valence-corrected chi connectivity index (χ3v) is 7.42. The van der Waals surface area contributed by atoms with Crippen molar-refractivity contribution in [2.75, 3.05) is 58.4 Å². The van der Waals surface area contributed by atoms with E-state index < -0.39 is 0 Å². The van der Waals surface area contributed by atoms with E-state index >= 15 is 0 Å². The molecular formula is C37H37ClN8O8. The van der Waals surface area contributed by atoms with Crippen LogP contribution in [0.15, 0.2) is 36.4 Å². The van der Waals surface area contributed by atoms with Crippen molar-refractivity contribution in [3.8, 4) is 81.3 Å². The van der Waals surface area contributed by atoms with Crippen LogP contribution < -0.4 is 39.5 Å². The van der Waals surface area contributed by atoms with Crippen LogP contribution in [0.2, 0.25) is 5.15 Å². The van der Waals surface area contributed by atoms with Crippen LogP contribution >= 0.6 is 11.6 Å². The molecule has 0 fully saturated rings. The van der Waals surface area contributed by atoms with E-state index in [2.05, 4.69) is 27.4 Å². The number of nitriles is 4. The number of aliphatic hydroxyl groups is 2. The molecule has 17 heteroatoms. The number of fused-ring (bicyclic) bond motifs is 2. The fraction of sp³-hybridized carbons (Fsp3) is 0.297. The van der Waals surface area contributed by atoms with Crippen molar-refractivity contribution >= 4 is 17.4 Å². The Morgan fingerprint density at radius 1 is 0.722 bits per heavy atom. The van der Waals surface area contributed by atoms with Crippen LogP contribution in [-0.2, 0) is 0 Å². The van der Waals surface area contributed by atoms with Gasteiger partial charge in [-0.25, -0.2) is 0 Å². The zero-order valence-corrected chi connectivity index (χ0v) is 29.4. The number of aliphatic hydroxyl groups excluding tert-OH is 2. The minimum absolute atomic E-state index is 0. The Balaban J connectivity index is 0.000000261. The molecule has 4 aromatic rings. The summed E-state index contributed by atoms with van der Waals surface area (Å²) >= 11 is 6.09. The van der Waals surface area contributed by atoms with E-state index in [1.54, 1.807) is 50.2 Å². The number of pyridine rings is 2. The fourth-order valence-corrected chi connectivity index (χ4v) is 5.20. The summed E-state index contributed by atoms with van der Waals surface area (Å²) in [7, 11) is 0. The van der Waals surface area contributed by atoms with Crippen molar-refractivity contribution in [3.05, 3.63) is 63.8 Å². The molecule has 0 bridgehead atoms. The van der Waals surface area contributed by atoms with Gasteiger partial charge in [0.15, 0.2) is 28.2 Å². The highest BCUT2D eigenvalue weighted by Gasteiger charge is 2.25. The first kappa shape index (κ1) is 41.9. The molecule has 0 unspecified atom stereocenters. The van der Waals surface area contributed by atoms with Gasteiger partial charge in [0.1, 0.15) is 46.8 Å². The van der Waals surface area contributed by atoms with E-state index in [-0.39, 0.29) is 85.8 Å². The Kier molecular flexibility index (Phi) is 15.9. The summed E-state index contributed by atoms with van der Waals surface area (Å²) < 4.78 is 32.2. The van der Waals surface area contributed by atoms with Gasteiger partial charge in [-0.2, -0.15) is 31.0 Å². The largest absolute Gasteiger partial charge is 0.477 e. The first-order valence-electron chi connectivity index (χ1n) is 16.0. The molecule has 0 amide bonds. The molecule has 2 aliphatic heterocycles. The topological polar surface area (TPSA) is 255 Å². The smallest absolute Gasteiger partial charge is 0.234 e. The lowest BCUT2D eigenvalue weighted by molar-refractivity contribution is 0.173. The lowest BCUT2D eigenvalue weighted by atomic mass is 9.96. The molecule has 16 nitrogen and oxygen atoms in total. The van der Waals surface area contributed by atoms with Gasteiger partial charge in [-0.3, -0.25) is 0 Å². The number of anilines is 1. The molecule has 0 atom stereocenters. The maximum atomic E-state index is 9.70. The third-order valence-electron chi connectivity index (χ3n) is 7.15. The Morgan fingerprint density at radius 3 is 1.59 bits per heavy atom. The summed E-state index contributed by atoms with van der Waals surface area (Å²) in [6.07, 6.45) is 0. The molecule has 2 aliphatic rings. The number of hydrogen-bond donors (Lipinski definition) is 4. The van der Waals surface area contributed by atoms with Crippen LogP contribution in [0.3, 0.4) is 0 Å². The highest BCUT2D eigenvalue weighted by atomic mass is 35.5. The minimum atomic E-state index is -0.129. The van der Waals surface area contributed by atoms with Crippen molar-refractivity contribution in [2.45, 2.75) is 21.3 Å². The normalized spacial score (nSPS) is 11.1. The minimum Gasteiger partial charge on any atom is -0.477 e. The zero-order valence-electron chi connectivity index (χ0n) is 28.6. The first-order valence-corrected chi connectivity index (χ1v) is 16.3. The van der Waals surface area contributed by atoms with Crippen LogP contribution in [-0.4, -0.2) is 73.3 Å². The van der Waals surface area contributed by atoms with Gasteiger partial charge in [0.25, 0.3) is 0 Å². The average molecular weight is 757 g/mol. The van der Waals surface area contributed by atoms with E-state index in [1.807, 2.05) is 12.1 Å². The molecular weight excluding hydrogens is 720 g/mol. The number of hydrogen-bond acceptors (Lipinski definition) is 16. The van der Waals surface area contributed by atoms with Gasteiger partial charge < -0.3 is 49.7 Å². The van der Waals surface area contributed by atoms with Crippen molar-refractivity contribution < 1.29 is 38.6 Å². The predicted octanol–water partition coefficient (Wildman–Crippen LogP) is 4.87. The number of ether oxygens (including phenoxy) is 6. The van der Waals surface area contributed by atoms with Crippen LogP contribution in [0.5, 0.6) is 34.8 Å². The number of nitrogens with two attached hydrogens (primary N) is 1. The second kappa shape index (κ2) is 20.5. The summed E-state index contributed by atoms with van der Waals surface area (Å²) in [6, 6.07) is 18.6. The average Bonchev–Trinajstić information content (AvgIpc) is 3.86. The van der Waals surface area contributed by atoms with Crippen LogP contribution in [0.4, 0.5) is 5.82 Å². The van der Waals surface area contributed by atoms with Crippen LogP contribution in [0, 0.1) is 45.3 Å². The van der Waals surface area contributed by atoms with Gasteiger partial charge in [0.05, 0.1) is 32.0 Å². The second-order valence-electron chi connectivity index (χ2n) is 10.3. The van der Waals surface area contributed by atoms with Crippen LogP contribution in [0.1, 0.15) is 43.5 Å². The number of rotatable bonds is 10. The molecule has 0 aliphatic carbocycles. The standard InChI is InChI=1S/C18H16N4O4.C16H10ClN3O3.C2H7NO.CH4/c1-2-24-18-13(9-20)16(12(8-19)17(22-18)21-5-6-23)11-3-4-14-15(7-11)26-10-25-14;1-2-21-16-11(7-19)14(10(6-18)15(17)20-16)9-3-4-12-13(5-9)23-8-22-12;3-1-2-4;/h3-4,7,23H,2,5-6,10H2,1H3,(H,21,22);3-5H,2,8H2,1H3;4H,1-3H2;1H4. The van der Waals surface area contributed by atoms with Crippen LogP contribution in [0.25, 0.3) is 22.3 Å². The quantitative estimate of drug-likeness (QED) is 0.157. The maximum absolute atomic E-state index is 9.70. The highest BCUT2D eigenvalue weighted by molar-refractivity contribution is 6.31. The summed E-state index contributed by atoms with van der Waals surface area (Å²) in [4.78, 5) is 8.26. The maximum Gasteiger partial charge on any atom is 0.234 e. The number of nitrogens with zero attached hydrogens (tertiary/aromatic N) is 6. The molecule has 2 aromatic carbocycles. The summed E-state index contributed by atoms with van der Waals surface area (Å²) in [5.74, 6) is 2.76. The van der Waals surface area contributed by atoms with Crippen molar-refractivity contribution in [1.29, 1.82) is 21.0 Å². The molecule has 4 heterocycles. The summed E-state index contributed by atoms with van der Waals surface area (Å²) in [5, 5.41) is 58.0. The zero-order chi connectivity index (χ0) is 38.3.